The van der Waals surface area contributed by atoms with E-state index in [-0.39, 0.29) is 18.6 Å². The molecule has 0 saturated carbocycles. The lowest BCUT2D eigenvalue weighted by molar-refractivity contribution is -0.151. The standard InChI is InChI=1S/C22H29NO4/c24-16-22(17-27-18-22)15-23(11-19-7-3-1-4-8-19)12-21(25)14-26-13-20-9-5-2-6-10-20/h1-10,21,24-25H,11-18H2. The lowest BCUT2D eigenvalue weighted by Crippen LogP contribution is -2.54. The fourth-order valence-corrected chi connectivity index (χ4v) is 3.36. The van der Waals surface area contributed by atoms with Gasteiger partial charge in [0.1, 0.15) is 0 Å². The Morgan fingerprint density at radius 2 is 1.63 bits per heavy atom. The van der Waals surface area contributed by atoms with Crippen LogP contribution in [0.15, 0.2) is 60.7 Å². The van der Waals surface area contributed by atoms with Crippen LogP contribution in [0.5, 0.6) is 0 Å². The summed E-state index contributed by atoms with van der Waals surface area (Å²) < 4.78 is 11.0. The van der Waals surface area contributed by atoms with E-state index in [2.05, 4.69) is 17.0 Å². The maximum atomic E-state index is 10.5. The number of hydrogen-bond donors (Lipinski definition) is 2. The second kappa shape index (κ2) is 9.97. The zero-order valence-corrected chi connectivity index (χ0v) is 15.7. The molecule has 1 aliphatic rings. The largest absolute Gasteiger partial charge is 0.396 e. The zero-order chi connectivity index (χ0) is 19.0. The average molecular weight is 371 g/mol. The van der Waals surface area contributed by atoms with E-state index in [4.69, 9.17) is 9.47 Å². The van der Waals surface area contributed by atoms with Gasteiger partial charge in [0.05, 0.1) is 44.6 Å². The van der Waals surface area contributed by atoms with Gasteiger partial charge in [-0.25, -0.2) is 0 Å². The van der Waals surface area contributed by atoms with E-state index in [1.807, 2.05) is 48.5 Å². The quantitative estimate of drug-likeness (QED) is 0.633. The molecule has 1 fully saturated rings. The van der Waals surface area contributed by atoms with Crippen LogP contribution in [0, 0.1) is 5.41 Å². The molecule has 1 heterocycles. The Bertz CT molecular complexity index is 655. The predicted octanol–water partition coefficient (Wildman–Crippen LogP) is 2.08. The smallest absolute Gasteiger partial charge is 0.0900 e. The predicted molar refractivity (Wildman–Crippen MR) is 104 cm³/mol. The number of benzene rings is 2. The molecule has 0 spiro atoms. The first-order valence-corrected chi connectivity index (χ1v) is 9.44. The van der Waals surface area contributed by atoms with Crippen LogP contribution in [-0.4, -0.2) is 60.7 Å². The van der Waals surface area contributed by atoms with Crippen LogP contribution in [0.2, 0.25) is 0 Å². The van der Waals surface area contributed by atoms with Gasteiger partial charge in [0.2, 0.25) is 0 Å². The highest BCUT2D eigenvalue weighted by Gasteiger charge is 2.39. The molecule has 0 radical (unpaired) electrons. The number of aliphatic hydroxyl groups excluding tert-OH is 2. The summed E-state index contributed by atoms with van der Waals surface area (Å²) in [5, 5.41) is 20.2. The van der Waals surface area contributed by atoms with Crippen LogP contribution in [0.1, 0.15) is 11.1 Å². The molecule has 0 aromatic heterocycles. The van der Waals surface area contributed by atoms with Gasteiger partial charge >= 0.3 is 0 Å². The Morgan fingerprint density at radius 3 is 2.19 bits per heavy atom. The normalized spacial score (nSPS) is 16.9. The molecule has 5 nitrogen and oxygen atoms in total. The minimum Gasteiger partial charge on any atom is -0.396 e. The molecule has 2 aromatic carbocycles. The maximum Gasteiger partial charge on any atom is 0.0900 e. The van der Waals surface area contributed by atoms with Crippen LogP contribution in [0.3, 0.4) is 0 Å². The molecule has 3 rings (SSSR count). The van der Waals surface area contributed by atoms with Gasteiger partial charge in [-0.1, -0.05) is 60.7 Å². The highest BCUT2D eigenvalue weighted by molar-refractivity contribution is 5.15. The minimum atomic E-state index is -0.589. The Labute approximate surface area is 161 Å². The van der Waals surface area contributed by atoms with Crippen LogP contribution >= 0.6 is 0 Å². The minimum absolute atomic E-state index is 0.0961. The monoisotopic (exact) mass is 371 g/mol. The van der Waals surface area contributed by atoms with Crippen molar-refractivity contribution in [3.8, 4) is 0 Å². The van der Waals surface area contributed by atoms with Crippen molar-refractivity contribution in [2.45, 2.75) is 19.3 Å². The zero-order valence-electron chi connectivity index (χ0n) is 15.7. The summed E-state index contributed by atoms with van der Waals surface area (Å²) >= 11 is 0. The molecular weight excluding hydrogens is 342 g/mol. The van der Waals surface area contributed by atoms with Crippen molar-refractivity contribution in [1.82, 2.24) is 4.90 Å². The van der Waals surface area contributed by atoms with Gasteiger partial charge in [0, 0.05) is 19.6 Å². The molecule has 1 unspecified atom stereocenters. The third kappa shape index (κ3) is 6.13. The topological polar surface area (TPSA) is 62.2 Å². The van der Waals surface area contributed by atoms with Crippen molar-refractivity contribution in [1.29, 1.82) is 0 Å². The molecular formula is C22H29NO4. The van der Waals surface area contributed by atoms with Crippen LogP contribution in [0.25, 0.3) is 0 Å². The summed E-state index contributed by atoms with van der Waals surface area (Å²) in [5.74, 6) is 0. The Balaban J connectivity index is 1.53. The third-order valence-corrected chi connectivity index (χ3v) is 4.85. The van der Waals surface area contributed by atoms with E-state index in [1.54, 1.807) is 0 Å². The van der Waals surface area contributed by atoms with Gasteiger partial charge in [-0.15, -0.1) is 0 Å². The van der Waals surface area contributed by atoms with E-state index in [1.165, 1.54) is 5.56 Å². The second-order valence-corrected chi connectivity index (χ2v) is 7.46. The first-order valence-electron chi connectivity index (χ1n) is 9.44. The molecule has 1 saturated heterocycles. The molecule has 1 aliphatic heterocycles. The van der Waals surface area contributed by atoms with E-state index >= 15 is 0 Å². The molecule has 0 aliphatic carbocycles. The number of nitrogens with zero attached hydrogens (tertiary/aromatic N) is 1. The second-order valence-electron chi connectivity index (χ2n) is 7.46. The van der Waals surface area contributed by atoms with Gasteiger partial charge in [-0.3, -0.25) is 4.90 Å². The van der Waals surface area contributed by atoms with E-state index in [0.29, 0.717) is 32.9 Å². The molecule has 2 aromatic rings. The van der Waals surface area contributed by atoms with Gasteiger partial charge < -0.3 is 19.7 Å². The highest BCUT2D eigenvalue weighted by Crippen LogP contribution is 2.28. The molecule has 1 atom stereocenters. The summed E-state index contributed by atoms with van der Waals surface area (Å²) in [4.78, 5) is 2.19. The number of aliphatic hydroxyl groups is 2. The summed E-state index contributed by atoms with van der Waals surface area (Å²) in [6.45, 7) is 3.90. The molecule has 2 N–H and O–H groups in total. The summed E-state index contributed by atoms with van der Waals surface area (Å²) in [6.07, 6.45) is -0.589. The maximum absolute atomic E-state index is 10.5. The lowest BCUT2D eigenvalue weighted by atomic mass is 9.86. The SMILES string of the molecule is OCC1(CN(Cc2ccccc2)CC(O)COCc2ccccc2)COC1. The fourth-order valence-electron chi connectivity index (χ4n) is 3.36. The summed E-state index contributed by atoms with van der Waals surface area (Å²) in [5.41, 5.74) is 2.05. The number of rotatable bonds is 11. The van der Waals surface area contributed by atoms with Crippen molar-refractivity contribution >= 4 is 0 Å². The first kappa shape index (κ1) is 20.0. The summed E-state index contributed by atoms with van der Waals surface area (Å²) in [7, 11) is 0. The van der Waals surface area contributed by atoms with Gasteiger partial charge in [-0.05, 0) is 11.1 Å². The number of hydrogen-bond acceptors (Lipinski definition) is 5. The van der Waals surface area contributed by atoms with Crippen LogP contribution in [0.4, 0.5) is 0 Å². The van der Waals surface area contributed by atoms with Crippen LogP contribution < -0.4 is 0 Å². The van der Waals surface area contributed by atoms with Crippen molar-refractivity contribution in [3.05, 3.63) is 71.8 Å². The van der Waals surface area contributed by atoms with E-state index < -0.39 is 6.10 Å². The molecule has 5 heteroatoms. The van der Waals surface area contributed by atoms with Crippen molar-refractivity contribution in [3.63, 3.8) is 0 Å². The molecule has 146 valence electrons. The van der Waals surface area contributed by atoms with Crippen molar-refractivity contribution in [2.24, 2.45) is 5.41 Å². The first-order chi connectivity index (χ1) is 13.2. The number of ether oxygens (including phenoxy) is 2. The van der Waals surface area contributed by atoms with Gasteiger partial charge in [0.15, 0.2) is 0 Å². The fraction of sp³-hybridized carbons (Fsp3) is 0.455. The Hall–Kier alpha value is -1.76. The third-order valence-electron chi connectivity index (χ3n) is 4.85. The average Bonchev–Trinajstić information content (AvgIpc) is 2.66. The summed E-state index contributed by atoms with van der Waals surface area (Å²) in [6, 6.07) is 20.1. The Morgan fingerprint density at radius 1 is 1.00 bits per heavy atom. The van der Waals surface area contributed by atoms with Gasteiger partial charge in [0.25, 0.3) is 0 Å². The van der Waals surface area contributed by atoms with E-state index in [9.17, 15) is 10.2 Å². The molecule has 0 bridgehead atoms. The molecule has 0 amide bonds. The van der Waals surface area contributed by atoms with E-state index in [0.717, 1.165) is 12.1 Å². The molecule has 27 heavy (non-hydrogen) atoms. The van der Waals surface area contributed by atoms with Gasteiger partial charge in [-0.2, -0.15) is 0 Å². The Kier molecular flexibility index (Phi) is 7.38. The van der Waals surface area contributed by atoms with Crippen LogP contribution in [-0.2, 0) is 22.6 Å². The lowest BCUT2D eigenvalue weighted by Gasteiger charge is -2.43. The van der Waals surface area contributed by atoms with Crippen molar-refractivity contribution in [2.75, 3.05) is 39.5 Å². The van der Waals surface area contributed by atoms with Crippen molar-refractivity contribution < 1.29 is 19.7 Å². The highest BCUT2D eigenvalue weighted by atomic mass is 16.5.